The van der Waals surface area contributed by atoms with Crippen molar-refractivity contribution in [2.24, 2.45) is 0 Å². The highest BCUT2D eigenvalue weighted by molar-refractivity contribution is 7.99. The number of anilines is 2. The number of hydrogen-bond donors (Lipinski definition) is 1. The van der Waals surface area contributed by atoms with E-state index in [2.05, 4.69) is 5.32 Å². The molecule has 0 fully saturated rings. The molecule has 1 aliphatic heterocycles. The molecule has 1 aliphatic rings. The van der Waals surface area contributed by atoms with E-state index in [1.807, 2.05) is 24.3 Å². The van der Waals surface area contributed by atoms with Gasteiger partial charge in [-0.05, 0) is 24.3 Å². The number of amides is 2. The van der Waals surface area contributed by atoms with Crippen LogP contribution in [0.15, 0.2) is 53.4 Å². The number of thioether (sulfide) groups is 1. The molecule has 6 heteroatoms. The van der Waals surface area contributed by atoms with Crippen molar-refractivity contribution in [3.05, 3.63) is 48.5 Å². The molecule has 124 valence electrons. The topological polar surface area (TPSA) is 58.6 Å². The molecule has 24 heavy (non-hydrogen) atoms. The van der Waals surface area contributed by atoms with Gasteiger partial charge in [-0.2, -0.15) is 0 Å². The molecule has 2 aromatic rings. The Morgan fingerprint density at radius 1 is 1.25 bits per heavy atom. The Morgan fingerprint density at radius 2 is 2.08 bits per heavy atom. The first-order valence-corrected chi connectivity index (χ1v) is 8.62. The average Bonchev–Trinajstić information content (AvgIpc) is 2.74. The highest BCUT2D eigenvalue weighted by Crippen LogP contribution is 2.33. The summed E-state index contributed by atoms with van der Waals surface area (Å²) in [6, 6.07) is 14.8. The van der Waals surface area contributed by atoms with Crippen LogP contribution in [0.3, 0.4) is 0 Å². The predicted molar refractivity (Wildman–Crippen MR) is 95.8 cm³/mol. The Hall–Kier alpha value is -2.47. The molecular formula is C18H18N2O3S. The molecule has 0 spiro atoms. The van der Waals surface area contributed by atoms with Gasteiger partial charge in [0.25, 0.3) is 0 Å². The van der Waals surface area contributed by atoms with E-state index in [4.69, 9.17) is 4.74 Å². The van der Waals surface area contributed by atoms with Crippen molar-refractivity contribution in [3.8, 4) is 5.75 Å². The molecule has 0 radical (unpaired) electrons. The van der Waals surface area contributed by atoms with Gasteiger partial charge in [0, 0.05) is 28.8 Å². The van der Waals surface area contributed by atoms with Gasteiger partial charge in [-0.15, -0.1) is 11.8 Å². The number of nitrogens with zero attached hydrogens (tertiary/aromatic N) is 1. The number of rotatable bonds is 4. The summed E-state index contributed by atoms with van der Waals surface area (Å²) in [5.74, 6) is 1.12. The lowest BCUT2D eigenvalue weighted by Crippen LogP contribution is -2.37. The Bertz CT molecular complexity index is 763. The fraction of sp³-hybridized carbons (Fsp3) is 0.222. The normalized spacial score (nSPS) is 13.9. The fourth-order valence-electron chi connectivity index (χ4n) is 2.54. The minimum atomic E-state index is -0.238. The summed E-state index contributed by atoms with van der Waals surface area (Å²) in [6.07, 6.45) is 0.422. The van der Waals surface area contributed by atoms with E-state index >= 15 is 0 Å². The van der Waals surface area contributed by atoms with Crippen LogP contribution in [-0.2, 0) is 9.59 Å². The van der Waals surface area contributed by atoms with E-state index in [9.17, 15) is 9.59 Å². The highest BCUT2D eigenvalue weighted by Gasteiger charge is 2.24. The van der Waals surface area contributed by atoms with Crippen molar-refractivity contribution in [2.75, 3.05) is 29.6 Å². The van der Waals surface area contributed by atoms with Crippen molar-refractivity contribution in [3.63, 3.8) is 0 Å². The maximum atomic E-state index is 12.4. The van der Waals surface area contributed by atoms with Crippen LogP contribution in [0, 0.1) is 0 Å². The predicted octanol–water partition coefficient (Wildman–Crippen LogP) is 3.16. The summed E-state index contributed by atoms with van der Waals surface area (Å²) in [5, 5.41) is 2.82. The first-order chi connectivity index (χ1) is 11.7. The van der Waals surface area contributed by atoms with Gasteiger partial charge in [0.2, 0.25) is 11.8 Å². The third kappa shape index (κ3) is 3.71. The number of fused-ring (bicyclic) bond motifs is 1. The molecule has 0 saturated carbocycles. The first-order valence-electron chi connectivity index (χ1n) is 7.63. The van der Waals surface area contributed by atoms with Crippen molar-refractivity contribution < 1.29 is 14.3 Å². The Kier molecular flexibility index (Phi) is 5.05. The van der Waals surface area contributed by atoms with E-state index in [0.717, 1.165) is 16.3 Å². The van der Waals surface area contributed by atoms with E-state index in [-0.39, 0.29) is 18.4 Å². The third-order valence-corrected chi connectivity index (χ3v) is 4.75. The molecule has 0 bridgehead atoms. The smallest absolute Gasteiger partial charge is 0.244 e. The van der Waals surface area contributed by atoms with Crippen molar-refractivity contribution in [1.82, 2.24) is 0 Å². The zero-order valence-electron chi connectivity index (χ0n) is 13.3. The largest absolute Gasteiger partial charge is 0.497 e. The van der Waals surface area contributed by atoms with Gasteiger partial charge in [-0.3, -0.25) is 9.59 Å². The molecule has 1 N–H and O–H groups in total. The van der Waals surface area contributed by atoms with Crippen molar-refractivity contribution in [2.45, 2.75) is 11.3 Å². The van der Waals surface area contributed by atoms with Crippen molar-refractivity contribution >= 4 is 35.0 Å². The number of ether oxygens (including phenoxy) is 1. The third-order valence-electron chi connectivity index (χ3n) is 3.69. The van der Waals surface area contributed by atoms with Crippen LogP contribution in [0.4, 0.5) is 11.4 Å². The van der Waals surface area contributed by atoms with E-state index in [1.54, 1.807) is 48.0 Å². The molecule has 2 aromatic carbocycles. The summed E-state index contributed by atoms with van der Waals surface area (Å²) in [5.41, 5.74) is 1.44. The average molecular weight is 342 g/mol. The lowest BCUT2D eigenvalue weighted by Gasteiger charge is -2.22. The summed E-state index contributed by atoms with van der Waals surface area (Å²) in [7, 11) is 1.57. The summed E-state index contributed by atoms with van der Waals surface area (Å²) in [4.78, 5) is 27.4. The number of hydrogen-bond acceptors (Lipinski definition) is 4. The van der Waals surface area contributed by atoms with Gasteiger partial charge in [0.1, 0.15) is 12.3 Å². The van der Waals surface area contributed by atoms with Crippen LogP contribution in [0.2, 0.25) is 0 Å². The molecule has 0 saturated heterocycles. The quantitative estimate of drug-likeness (QED) is 0.927. The van der Waals surface area contributed by atoms with Crippen molar-refractivity contribution in [1.29, 1.82) is 0 Å². The van der Waals surface area contributed by atoms with E-state index < -0.39 is 0 Å². The molecular weight excluding hydrogens is 324 g/mol. The molecule has 1 heterocycles. The van der Waals surface area contributed by atoms with Crippen LogP contribution in [-0.4, -0.2) is 31.2 Å². The number of nitrogens with one attached hydrogen (secondary N) is 1. The minimum absolute atomic E-state index is 0.00633. The molecule has 0 unspecified atom stereocenters. The van der Waals surface area contributed by atoms with Crippen LogP contribution in [0.25, 0.3) is 0 Å². The van der Waals surface area contributed by atoms with E-state index in [0.29, 0.717) is 17.9 Å². The maximum absolute atomic E-state index is 12.4. The Morgan fingerprint density at radius 3 is 2.92 bits per heavy atom. The second-order valence-corrected chi connectivity index (χ2v) is 6.46. The van der Waals surface area contributed by atoms with E-state index in [1.165, 1.54) is 0 Å². The summed E-state index contributed by atoms with van der Waals surface area (Å²) < 4.78 is 5.15. The number of para-hydroxylation sites is 1. The standard InChI is InChI=1S/C18H18N2O3S/c1-23-14-6-4-5-13(11-14)19-17(21)12-20-15-7-2-3-8-16(15)24-10-9-18(20)22/h2-8,11H,9-10,12H2,1H3,(H,19,21). The number of carbonyl (C=O) groups excluding carboxylic acids is 2. The monoisotopic (exact) mass is 342 g/mol. The second kappa shape index (κ2) is 7.40. The molecule has 0 atom stereocenters. The number of methoxy groups -OCH3 is 1. The Labute approximate surface area is 145 Å². The first kappa shape index (κ1) is 16.4. The van der Waals surface area contributed by atoms with Gasteiger partial charge >= 0.3 is 0 Å². The zero-order chi connectivity index (χ0) is 16.9. The van der Waals surface area contributed by atoms with Gasteiger partial charge in [0.15, 0.2) is 0 Å². The highest BCUT2D eigenvalue weighted by atomic mass is 32.2. The van der Waals surface area contributed by atoms with Crippen LogP contribution in [0.5, 0.6) is 5.75 Å². The Balaban J connectivity index is 1.76. The van der Waals surface area contributed by atoms with Crippen LogP contribution < -0.4 is 15.0 Å². The molecule has 0 aromatic heterocycles. The second-order valence-electron chi connectivity index (χ2n) is 5.33. The van der Waals surface area contributed by atoms with Crippen LogP contribution >= 0.6 is 11.8 Å². The number of benzene rings is 2. The van der Waals surface area contributed by atoms with Crippen LogP contribution in [0.1, 0.15) is 6.42 Å². The SMILES string of the molecule is COc1cccc(NC(=O)CN2C(=O)CCSc3ccccc32)c1. The zero-order valence-corrected chi connectivity index (χ0v) is 14.1. The van der Waals surface area contributed by atoms with Gasteiger partial charge < -0.3 is 15.0 Å². The molecule has 2 amide bonds. The maximum Gasteiger partial charge on any atom is 0.244 e. The number of carbonyl (C=O) groups is 2. The molecule has 0 aliphatic carbocycles. The van der Waals surface area contributed by atoms with Gasteiger partial charge in [-0.1, -0.05) is 18.2 Å². The van der Waals surface area contributed by atoms with Gasteiger partial charge in [0.05, 0.1) is 12.8 Å². The summed E-state index contributed by atoms with van der Waals surface area (Å²) in [6.45, 7) is -0.00633. The summed E-state index contributed by atoms with van der Waals surface area (Å²) >= 11 is 1.64. The lowest BCUT2D eigenvalue weighted by molar-refractivity contribution is -0.121. The molecule has 5 nitrogen and oxygen atoms in total. The minimum Gasteiger partial charge on any atom is -0.497 e. The fourth-order valence-corrected chi connectivity index (χ4v) is 3.54. The molecule has 3 rings (SSSR count). The van der Waals surface area contributed by atoms with Gasteiger partial charge in [-0.25, -0.2) is 0 Å². The lowest BCUT2D eigenvalue weighted by atomic mass is 10.2.